The molecule has 4 rings (SSSR count). The Balaban J connectivity index is 1.48. The van der Waals surface area contributed by atoms with Crippen LogP contribution in [0.5, 0.6) is 0 Å². The van der Waals surface area contributed by atoms with Gasteiger partial charge in [0.15, 0.2) is 0 Å². The topological polar surface area (TPSA) is 52.2 Å². The maximum atomic E-state index is 13.0. The van der Waals surface area contributed by atoms with E-state index in [1.165, 1.54) is 11.3 Å². The molecule has 1 spiro atoms. The van der Waals surface area contributed by atoms with Crippen LogP contribution in [-0.4, -0.2) is 51.9 Å². The Bertz CT molecular complexity index is 777. The second-order valence-corrected chi connectivity index (χ2v) is 8.27. The smallest absolute Gasteiger partial charge is 0.230 e. The third kappa shape index (κ3) is 3.65. The summed E-state index contributed by atoms with van der Waals surface area (Å²) in [5.41, 5.74) is 3.75. The summed E-state index contributed by atoms with van der Waals surface area (Å²) in [5, 5.41) is 0. The van der Waals surface area contributed by atoms with Gasteiger partial charge in [0.2, 0.25) is 5.91 Å². The number of hydrogen-bond acceptors (Lipinski definition) is 3. The van der Waals surface area contributed by atoms with Crippen LogP contribution in [0.3, 0.4) is 0 Å². The molecule has 144 valence electrons. The van der Waals surface area contributed by atoms with E-state index >= 15 is 0 Å². The fraction of sp³-hybridized carbons (Fsp3) is 0.545. The maximum Gasteiger partial charge on any atom is 0.230 e. The zero-order chi connectivity index (χ0) is 18.9. The van der Waals surface area contributed by atoms with Gasteiger partial charge in [0.25, 0.3) is 0 Å². The molecule has 1 amide bonds. The fourth-order valence-corrected chi connectivity index (χ4v) is 4.81. The second kappa shape index (κ2) is 7.47. The van der Waals surface area contributed by atoms with E-state index in [0.29, 0.717) is 5.91 Å². The second-order valence-electron chi connectivity index (χ2n) is 8.27. The Morgan fingerprint density at radius 3 is 2.59 bits per heavy atom. The van der Waals surface area contributed by atoms with Gasteiger partial charge in [-0.3, -0.25) is 9.69 Å². The lowest BCUT2D eigenvalue weighted by atomic mass is 9.67. The van der Waals surface area contributed by atoms with Gasteiger partial charge in [0, 0.05) is 25.3 Å². The van der Waals surface area contributed by atoms with E-state index in [9.17, 15) is 4.79 Å². The Hall–Kier alpha value is -2.14. The van der Waals surface area contributed by atoms with Gasteiger partial charge in [-0.2, -0.15) is 0 Å². The predicted octanol–water partition coefficient (Wildman–Crippen LogP) is 3.34. The molecule has 2 aliphatic heterocycles. The highest BCUT2D eigenvalue weighted by Gasteiger charge is 2.45. The summed E-state index contributed by atoms with van der Waals surface area (Å²) >= 11 is 0. The predicted molar refractivity (Wildman–Crippen MR) is 106 cm³/mol. The number of hydrogen-bond donors (Lipinski definition) is 1. The number of aryl methyl sites for hydroxylation is 1. The van der Waals surface area contributed by atoms with E-state index in [1.807, 2.05) is 6.07 Å². The summed E-state index contributed by atoms with van der Waals surface area (Å²) in [6.45, 7) is 9.00. The van der Waals surface area contributed by atoms with Crippen molar-refractivity contribution in [3.63, 3.8) is 0 Å². The quantitative estimate of drug-likeness (QED) is 0.903. The molecule has 2 aliphatic rings. The van der Waals surface area contributed by atoms with E-state index in [0.717, 1.165) is 57.7 Å². The highest BCUT2D eigenvalue weighted by molar-refractivity contribution is 5.84. The number of imidazole rings is 1. The monoisotopic (exact) mass is 366 g/mol. The molecular formula is C22H30N4O. The summed E-state index contributed by atoms with van der Waals surface area (Å²) in [5.74, 6) is 0.323. The van der Waals surface area contributed by atoms with Crippen LogP contribution in [-0.2, 0) is 11.3 Å². The summed E-state index contributed by atoms with van der Waals surface area (Å²) < 4.78 is 0. The number of amides is 1. The third-order valence-corrected chi connectivity index (χ3v) is 6.58. The zero-order valence-electron chi connectivity index (χ0n) is 16.4. The summed E-state index contributed by atoms with van der Waals surface area (Å²) in [7, 11) is 0. The number of nitrogens with one attached hydrogen (secondary N) is 1. The van der Waals surface area contributed by atoms with Crippen LogP contribution in [0.15, 0.2) is 36.7 Å². The number of carbonyl (C=O) groups excluding carboxylic acids is 1. The van der Waals surface area contributed by atoms with Crippen molar-refractivity contribution in [2.75, 3.05) is 26.2 Å². The third-order valence-electron chi connectivity index (χ3n) is 6.58. The number of benzene rings is 1. The number of nitrogens with zero attached hydrogens (tertiary/aromatic N) is 3. The van der Waals surface area contributed by atoms with Gasteiger partial charge in [0.05, 0.1) is 17.9 Å². The Morgan fingerprint density at radius 1 is 1.22 bits per heavy atom. The van der Waals surface area contributed by atoms with Gasteiger partial charge in [0.1, 0.15) is 0 Å². The van der Waals surface area contributed by atoms with Crippen molar-refractivity contribution in [2.45, 2.75) is 45.6 Å². The molecule has 2 fully saturated rings. The highest BCUT2D eigenvalue weighted by Crippen LogP contribution is 2.45. The summed E-state index contributed by atoms with van der Waals surface area (Å²) in [6, 6.07) is 10.4. The first kappa shape index (κ1) is 18.2. The summed E-state index contributed by atoms with van der Waals surface area (Å²) in [4.78, 5) is 25.2. The van der Waals surface area contributed by atoms with Crippen molar-refractivity contribution in [3.8, 4) is 0 Å². The average molecular weight is 367 g/mol. The van der Waals surface area contributed by atoms with Gasteiger partial charge in [-0.25, -0.2) is 4.98 Å². The van der Waals surface area contributed by atoms with E-state index in [4.69, 9.17) is 0 Å². The minimum atomic E-state index is 0.0139. The molecule has 2 saturated heterocycles. The van der Waals surface area contributed by atoms with Crippen LogP contribution >= 0.6 is 0 Å². The SMILES string of the molecule is CCN1CC2(CCN(Cc3nc[nH]c3C)CC2)C[C@@H](c2ccccc2)C1=O. The van der Waals surface area contributed by atoms with Crippen LogP contribution in [0.2, 0.25) is 0 Å². The van der Waals surface area contributed by atoms with Crippen molar-refractivity contribution in [2.24, 2.45) is 5.41 Å². The Morgan fingerprint density at radius 2 is 1.96 bits per heavy atom. The molecule has 1 aromatic carbocycles. The lowest BCUT2D eigenvalue weighted by molar-refractivity contribution is -0.141. The van der Waals surface area contributed by atoms with Crippen molar-refractivity contribution in [1.82, 2.24) is 19.8 Å². The number of rotatable bonds is 4. The van der Waals surface area contributed by atoms with E-state index in [2.05, 4.69) is 57.9 Å². The number of H-pyrrole nitrogens is 1. The molecule has 0 unspecified atom stereocenters. The van der Waals surface area contributed by atoms with Gasteiger partial charge < -0.3 is 9.88 Å². The van der Waals surface area contributed by atoms with E-state index in [-0.39, 0.29) is 11.3 Å². The minimum absolute atomic E-state index is 0.0139. The molecule has 5 heteroatoms. The first-order chi connectivity index (χ1) is 13.1. The van der Waals surface area contributed by atoms with Gasteiger partial charge in [-0.1, -0.05) is 30.3 Å². The molecule has 0 radical (unpaired) electrons. The van der Waals surface area contributed by atoms with E-state index < -0.39 is 0 Å². The van der Waals surface area contributed by atoms with E-state index in [1.54, 1.807) is 6.33 Å². The van der Waals surface area contributed by atoms with Crippen molar-refractivity contribution >= 4 is 5.91 Å². The van der Waals surface area contributed by atoms with Crippen LogP contribution in [0.1, 0.15) is 49.1 Å². The highest BCUT2D eigenvalue weighted by atomic mass is 16.2. The van der Waals surface area contributed by atoms with Crippen LogP contribution < -0.4 is 0 Å². The normalized spacial score (nSPS) is 23.1. The lowest BCUT2D eigenvalue weighted by Crippen LogP contribution is -2.53. The Labute approximate surface area is 161 Å². The first-order valence-corrected chi connectivity index (χ1v) is 10.2. The first-order valence-electron chi connectivity index (χ1n) is 10.2. The van der Waals surface area contributed by atoms with Crippen LogP contribution in [0.25, 0.3) is 0 Å². The van der Waals surface area contributed by atoms with Crippen molar-refractivity contribution in [1.29, 1.82) is 0 Å². The standard InChI is InChI=1S/C22H30N4O/c1-3-26-15-22(13-19(21(26)27)18-7-5-4-6-8-18)9-11-25(12-10-22)14-20-17(2)23-16-24-20/h4-8,16,19H,3,9-15H2,1-2H3,(H,23,24)/t19-/m0/s1. The molecule has 5 nitrogen and oxygen atoms in total. The lowest BCUT2D eigenvalue weighted by Gasteiger charge is -2.49. The van der Waals surface area contributed by atoms with Gasteiger partial charge >= 0.3 is 0 Å². The molecule has 27 heavy (non-hydrogen) atoms. The minimum Gasteiger partial charge on any atom is -0.348 e. The number of carbonyl (C=O) groups is 1. The fourth-order valence-electron chi connectivity index (χ4n) is 4.81. The number of likely N-dealkylation sites (tertiary alicyclic amines) is 2. The molecule has 1 atom stereocenters. The molecule has 0 bridgehead atoms. The maximum absolute atomic E-state index is 13.0. The average Bonchev–Trinajstić information content (AvgIpc) is 3.11. The number of piperidine rings is 2. The molecular weight excluding hydrogens is 336 g/mol. The molecule has 3 heterocycles. The molecule has 1 N–H and O–H groups in total. The molecule has 0 saturated carbocycles. The van der Waals surface area contributed by atoms with Crippen molar-refractivity contribution in [3.05, 3.63) is 53.6 Å². The Kier molecular flexibility index (Phi) is 5.04. The number of aromatic nitrogens is 2. The molecule has 2 aromatic rings. The van der Waals surface area contributed by atoms with Crippen LogP contribution in [0, 0.1) is 12.3 Å². The molecule has 0 aliphatic carbocycles. The van der Waals surface area contributed by atoms with Crippen LogP contribution in [0.4, 0.5) is 0 Å². The zero-order valence-corrected chi connectivity index (χ0v) is 16.4. The van der Waals surface area contributed by atoms with Crippen molar-refractivity contribution < 1.29 is 4.79 Å². The molecule has 1 aromatic heterocycles. The summed E-state index contributed by atoms with van der Waals surface area (Å²) in [6.07, 6.45) is 5.08. The number of likely N-dealkylation sites (N-methyl/N-ethyl adjacent to an activating group) is 1. The number of aromatic amines is 1. The van der Waals surface area contributed by atoms with Gasteiger partial charge in [-0.05, 0) is 57.2 Å². The largest absolute Gasteiger partial charge is 0.348 e. The van der Waals surface area contributed by atoms with Gasteiger partial charge in [-0.15, -0.1) is 0 Å².